The van der Waals surface area contributed by atoms with Gasteiger partial charge in [-0.15, -0.1) is 0 Å². The van der Waals surface area contributed by atoms with Crippen LogP contribution in [0.5, 0.6) is 0 Å². The van der Waals surface area contributed by atoms with Crippen LogP contribution in [0.4, 0.5) is 0 Å². The van der Waals surface area contributed by atoms with E-state index < -0.39 is 0 Å². The average molecular weight is 348 g/mol. The smallest absolute Gasteiger partial charge is 0.275 e. The van der Waals surface area contributed by atoms with Crippen molar-refractivity contribution in [3.05, 3.63) is 65.2 Å². The molecule has 1 unspecified atom stereocenters. The number of rotatable bonds is 3. The van der Waals surface area contributed by atoms with E-state index in [1.807, 2.05) is 42.5 Å². The molecule has 0 radical (unpaired) electrons. The fourth-order valence-electron chi connectivity index (χ4n) is 3.68. The molecule has 1 amide bonds. The zero-order chi connectivity index (χ0) is 18.1. The molecule has 2 aromatic heterocycles. The zero-order valence-electron chi connectivity index (χ0n) is 14.8. The molecule has 5 heteroatoms. The van der Waals surface area contributed by atoms with Gasteiger partial charge in [-0.2, -0.15) is 0 Å². The number of para-hydroxylation sites is 1. The van der Waals surface area contributed by atoms with Gasteiger partial charge in [0, 0.05) is 5.39 Å². The second-order valence-corrected chi connectivity index (χ2v) is 6.66. The maximum absolute atomic E-state index is 12.8. The predicted octanol–water partition coefficient (Wildman–Crippen LogP) is 4.24. The van der Waals surface area contributed by atoms with Gasteiger partial charge in [-0.25, -0.2) is 10.5 Å². The SMILES string of the molecule is CONC(=O)c1c2c(nc3ccccc13)/C(=C\c1ccco1)CC(C)C2. The highest BCUT2D eigenvalue weighted by molar-refractivity contribution is 6.08. The lowest BCUT2D eigenvalue weighted by Gasteiger charge is -2.26. The molecule has 1 aromatic carbocycles. The minimum atomic E-state index is -0.242. The Morgan fingerprint density at radius 1 is 1.27 bits per heavy atom. The minimum Gasteiger partial charge on any atom is -0.465 e. The molecule has 26 heavy (non-hydrogen) atoms. The van der Waals surface area contributed by atoms with Crippen LogP contribution in [0.2, 0.25) is 0 Å². The molecule has 2 heterocycles. The summed E-state index contributed by atoms with van der Waals surface area (Å²) in [4.78, 5) is 22.5. The van der Waals surface area contributed by atoms with Gasteiger partial charge in [-0.1, -0.05) is 25.1 Å². The van der Waals surface area contributed by atoms with Crippen molar-refractivity contribution in [1.29, 1.82) is 0 Å². The molecule has 0 bridgehead atoms. The third kappa shape index (κ3) is 2.91. The summed E-state index contributed by atoms with van der Waals surface area (Å²) in [5.74, 6) is 0.951. The molecule has 0 saturated carbocycles. The van der Waals surface area contributed by atoms with Crippen LogP contribution >= 0.6 is 0 Å². The number of hydrogen-bond acceptors (Lipinski definition) is 4. The Labute approximate surface area is 151 Å². The highest BCUT2D eigenvalue weighted by Crippen LogP contribution is 2.38. The number of carbonyl (C=O) groups is 1. The van der Waals surface area contributed by atoms with Gasteiger partial charge in [0.2, 0.25) is 0 Å². The van der Waals surface area contributed by atoms with Crippen LogP contribution in [-0.2, 0) is 11.3 Å². The standard InChI is InChI=1S/C21H20N2O3/c1-13-10-14(12-15-6-5-9-26-15)20-17(11-13)19(21(24)23-25-2)16-7-3-4-8-18(16)22-20/h3-9,12-13H,10-11H2,1-2H3,(H,23,24)/b14-12-. The van der Waals surface area contributed by atoms with Gasteiger partial charge in [-0.05, 0) is 54.2 Å². The Hall–Kier alpha value is -2.92. The first-order valence-electron chi connectivity index (χ1n) is 8.66. The zero-order valence-corrected chi connectivity index (χ0v) is 14.8. The highest BCUT2D eigenvalue weighted by Gasteiger charge is 2.28. The molecule has 5 nitrogen and oxygen atoms in total. The van der Waals surface area contributed by atoms with Crippen molar-refractivity contribution in [2.45, 2.75) is 19.8 Å². The summed E-state index contributed by atoms with van der Waals surface area (Å²) in [5, 5.41) is 0.840. The van der Waals surface area contributed by atoms with Gasteiger partial charge in [0.05, 0.1) is 30.1 Å². The molecule has 0 aliphatic heterocycles. The van der Waals surface area contributed by atoms with Crippen molar-refractivity contribution in [2.24, 2.45) is 5.92 Å². The second-order valence-electron chi connectivity index (χ2n) is 6.66. The molecule has 1 aliphatic carbocycles. The number of hydroxylamine groups is 1. The first-order valence-corrected chi connectivity index (χ1v) is 8.66. The highest BCUT2D eigenvalue weighted by atomic mass is 16.6. The van der Waals surface area contributed by atoms with Crippen molar-refractivity contribution in [1.82, 2.24) is 10.5 Å². The number of hydrogen-bond donors (Lipinski definition) is 1. The van der Waals surface area contributed by atoms with E-state index in [4.69, 9.17) is 14.2 Å². The largest absolute Gasteiger partial charge is 0.465 e. The van der Waals surface area contributed by atoms with Crippen molar-refractivity contribution >= 4 is 28.5 Å². The summed E-state index contributed by atoms with van der Waals surface area (Å²) in [5.41, 5.74) is 6.85. The molecule has 0 saturated heterocycles. The Balaban J connectivity index is 1.98. The predicted molar refractivity (Wildman–Crippen MR) is 100 cm³/mol. The van der Waals surface area contributed by atoms with Crippen LogP contribution in [0, 0.1) is 5.92 Å². The first kappa shape index (κ1) is 16.5. The monoisotopic (exact) mass is 348 g/mol. The molecule has 0 spiro atoms. The fraction of sp³-hybridized carbons (Fsp3) is 0.238. The number of aromatic nitrogens is 1. The molecular weight excluding hydrogens is 328 g/mol. The molecular formula is C21H20N2O3. The van der Waals surface area contributed by atoms with E-state index in [0.717, 1.165) is 46.3 Å². The second kappa shape index (κ2) is 6.77. The normalized spacial score (nSPS) is 18.1. The van der Waals surface area contributed by atoms with Crippen LogP contribution < -0.4 is 5.48 Å². The molecule has 4 rings (SSSR count). The number of amides is 1. The number of pyridine rings is 1. The molecule has 1 atom stereocenters. The van der Waals surface area contributed by atoms with E-state index in [9.17, 15) is 4.79 Å². The van der Waals surface area contributed by atoms with Crippen LogP contribution in [-0.4, -0.2) is 18.0 Å². The Bertz CT molecular complexity index is 990. The molecule has 0 fully saturated rings. The van der Waals surface area contributed by atoms with E-state index in [-0.39, 0.29) is 5.91 Å². The van der Waals surface area contributed by atoms with Crippen molar-refractivity contribution < 1.29 is 14.0 Å². The van der Waals surface area contributed by atoms with Crippen molar-refractivity contribution in [3.8, 4) is 0 Å². The third-order valence-electron chi connectivity index (χ3n) is 4.70. The van der Waals surface area contributed by atoms with Gasteiger partial charge in [0.15, 0.2) is 0 Å². The van der Waals surface area contributed by atoms with Gasteiger partial charge >= 0.3 is 0 Å². The van der Waals surface area contributed by atoms with Gasteiger partial charge < -0.3 is 4.42 Å². The number of benzene rings is 1. The molecule has 3 aromatic rings. The lowest BCUT2D eigenvalue weighted by Crippen LogP contribution is -2.26. The quantitative estimate of drug-likeness (QED) is 0.719. The van der Waals surface area contributed by atoms with Crippen LogP contribution in [0.25, 0.3) is 22.6 Å². The maximum atomic E-state index is 12.8. The van der Waals surface area contributed by atoms with Crippen molar-refractivity contribution in [2.75, 3.05) is 7.11 Å². The van der Waals surface area contributed by atoms with E-state index in [1.165, 1.54) is 7.11 Å². The molecule has 132 valence electrons. The van der Waals surface area contributed by atoms with Gasteiger partial charge in [0.1, 0.15) is 5.76 Å². The Morgan fingerprint density at radius 2 is 2.12 bits per heavy atom. The number of nitrogens with one attached hydrogen (secondary N) is 1. The third-order valence-corrected chi connectivity index (χ3v) is 4.70. The van der Waals surface area contributed by atoms with E-state index >= 15 is 0 Å². The minimum absolute atomic E-state index is 0.242. The maximum Gasteiger partial charge on any atom is 0.275 e. The molecule has 1 aliphatic rings. The van der Waals surface area contributed by atoms with Crippen LogP contribution in [0.15, 0.2) is 47.1 Å². The van der Waals surface area contributed by atoms with E-state index in [0.29, 0.717) is 11.5 Å². The number of fused-ring (bicyclic) bond motifs is 2. The Morgan fingerprint density at radius 3 is 2.88 bits per heavy atom. The van der Waals surface area contributed by atoms with Crippen LogP contribution in [0.3, 0.4) is 0 Å². The number of furan rings is 1. The van der Waals surface area contributed by atoms with Gasteiger partial charge in [-0.3, -0.25) is 9.63 Å². The Kier molecular flexibility index (Phi) is 4.31. The topological polar surface area (TPSA) is 64.4 Å². The van der Waals surface area contributed by atoms with E-state index in [2.05, 4.69) is 12.4 Å². The number of carbonyl (C=O) groups excluding carboxylic acids is 1. The summed E-state index contributed by atoms with van der Waals surface area (Å²) < 4.78 is 5.49. The lowest BCUT2D eigenvalue weighted by molar-refractivity contribution is 0.0538. The summed E-state index contributed by atoms with van der Waals surface area (Å²) in [6.45, 7) is 2.19. The fourth-order valence-corrected chi connectivity index (χ4v) is 3.68. The lowest BCUT2D eigenvalue weighted by atomic mass is 9.80. The average Bonchev–Trinajstić information content (AvgIpc) is 3.13. The summed E-state index contributed by atoms with van der Waals surface area (Å²) >= 11 is 0. The van der Waals surface area contributed by atoms with Crippen LogP contribution in [0.1, 0.15) is 40.7 Å². The summed E-state index contributed by atoms with van der Waals surface area (Å²) in [7, 11) is 1.44. The number of nitrogens with zero attached hydrogens (tertiary/aromatic N) is 1. The summed E-state index contributed by atoms with van der Waals surface area (Å²) in [6.07, 6.45) is 5.37. The number of allylic oxidation sites excluding steroid dienone is 1. The van der Waals surface area contributed by atoms with Gasteiger partial charge in [0.25, 0.3) is 5.91 Å². The van der Waals surface area contributed by atoms with Crippen molar-refractivity contribution in [3.63, 3.8) is 0 Å². The first-order chi connectivity index (χ1) is 12.7. The van der Waals surface area contributed by atoms with E-state index in [1.54, 1.807) is 6.26 Å². The summed E-state index contributed by atoms with van der Waals surface area (Å²) in [6, 6.07) is 11.5. The molecule has 1 N–H and O–H groups in total.